The van der Waals surface area contributed by atoms with Crippen molar-refractivity contribution in [2.24, 2.45) is 0 Å². The fourth-order valence-electron chi connectivity index (χ4n) is 1.27. The zero-order valence-electron chi connectivity index (χ0n) is 9.16. The zero-order chi connectivity index (χ0) is 11.1. The summed E-state index contributed by atoms with van der Waals surface area (Å²) in [6.45, 7) is 2.65. The minimum Gasteiger partial charge on any atom is -0.349 e. The third-order valence-electron chi connectivity index (χ3n) is 2.16. The van der Waals surface area contributed by atoms with Crippen LogP contribution in [0.4, 0.5) is 0 Å². The highest BCUT2D eigenvalue weighted by molar-refractivity contribution is 5.76. The number of nitrogens with one attached hydrogen (secondary N) is 2. The molecule has 0 saturated carbocycles. The molecule has 0 spiro atoms. The topological polar surface area (TPSA) is 54.0 Å². The molecule has 1 atom stereocenters. The molecule has 15 heavy (non-hydrogen) atoms. The molecular weight excluding hydrogens is 190 g/mol. The van der Waals surface area contributed by atoms with E-state index >= 15 is 0 Å². The summed E-state index contributed by atoms with van der Waals surface area (Å²) >= 11 is 0. The van der Waals surface area contributed by atoms with E-state index in [1.165, 1.54) is 0 Å². The largest absolute Gasteiger partial charge is 0.349 e. The Hall–Kier alpha value is -1.42. The van der Waals surface area contributed by atoms with E-state index in [0.717, 1.165) is 5.56 Å². The molecule has 0 radical (unpaired) electrons. The Morgan fingerprint density at radius 1 is 1.60 bits per heavy atom. The monoisotopic (exact) mass is 207 g/mol. The van der Waals surface area contributed by atoms with Crippen molar-refractivity contribution in [1.82, 2.24) is 15.6 Å². The average Bonchev–Trinajstić information content (AvgIpc) is 2.27. The van der Waals surface area contributed by atoms with Gasteiger partial charge in [-0.25, -0.2) is 0 Å². The first-order valence-corrected chi connectivity index (χ1v) is 5.08. The van der Waals surface area contributed by atoms with E-state index in [1.54, 1.807) is 12.4 Å². The van der Waals surface area contributed by atoms with E-state index in [2.05, 4.69) is 15.6 Å². The molecule has 0 fully saturated rings. The molecule has 1 amide bonds. The van der Waals surface area contributed by atoms with Crippen molar-refractivity contribution >= 4 is 5.91 Å². The van der Waals surface area contributed by atoms with Crippen LogP contribution in [0.25, 0.3) is 0 Å². The van der Waals surface area contributed by atoms with E-state index in [4.69, 9.17) is 0 Å². The molecule has 82 valence electrons. The average molecular weight is 207 g/mol. The lowest BCUT2D eigenvalue weighted by molar-refractivity contribution is -0.121. The molecule has 1 aromatic heterocycles. The number of nitrogens with zero attached hydrogens (tertiary/aromatic N) is 1. The molecule has 0 aliphatic heterocycles. The summed E-state index contributed by atoms with van der Waals surface area (Å²) in [6, 6.07) is 3.84. The standard InChI is InChI=1S/C11H17N3O/c1-9(10-4-3-6-13-8-10)14-11(15)5-7-12-2/h3-4,6,8-9,12H,5,7H2,1-2H3,(H,14,15). The van der Waals surface area contributed by atoms with Gasteiger partial charge in [0.1, 0.15) is 0 Å². The number of carbonyl (C=O) groups is 1. The minimum atomic E-state index is 0.0167. The van der Waals surface area contributed by atoms with Crippen LogP contribution in [-0.4, -0.2) is 24.5 Å². The maximum Gasteiger partial charge on any atom is 0.221 e. The third kappa shape index (κ3) is 4.08. The molecule has 0 aliphatic rings. The predicted octanol–water partition coefficient (Wildman–Crippen LogP) is 0.868. The van der Waals surface area contributed by atoms with Crippen LogP contribution in [-0.2, 0) is 4.79 Å². The number of hydrogen-bond donors (Lipinski definition) is 2. The lowest BCUT2D eigenvalue weighted by Crippen LogP contribution is -2.29. The molecule has 1 unspecified atom stereocenters. The molecule has 1 rings (SSSR count). The van der Waals surface area contributed by atoms with Crippen LogP contribution in [0.3, 0.4) is 0 Å². The van der Waals surface area contributed by atoms with Crippen LogP contribution in [0.1, 0.15) is 24.9 Å². The Bertz CT molecular complexity index is 300. The van der Waals surface area contributed by atoms with Gasteiger partial charge < -0.3 is 10.6 Å². The Labute approximate surface area is 90.1 Å². The maximum atomic E-state index is 11.4. The van der Waals surface area contributed by atoms with Crippen LogP contribution in [0, 0.1) is 0 Å². The Kier molecular flexibility index (Phi) is 4.77. The zero-order valence-corrected chi connectivity index (χ0v) is 9.16. The van der Waals surface area contributed by atoms with Gasteiger partial charge in [-0.3, -0.25) is 9.78 Å². The lowest BCUT2D eigenvalue weighted by atomic mass is 10.1. The molecule has 2 N–H and O–H groups in total. The van der Waals surface area contributed by atoms with Gasteiger partial charge in [-0.1, -0.05) is 6.07 Å². The van der Waals surface area contributed by atoms with Crippen molar-refractivity contribution in [2.45, 2.75) is 19.4 Å². The second-order valence-corrected chi connectivity index (χ2v) is 3.43. The number of amides is 1. The molecule has 1 aromatic rings. The minimum absolute atomic E-state index is 0.0167. The molecule has 4 nitrogen and oxygen atoms in total. The summed E-state index contributed by atoms with van der Waals surface area (Å²) in [6.07, 6.45) is 3.99. The van der Waals surface area contributed by atoms with Crippen molar-refractivity contribution in [1.29, 1.82) is 0 Å². The van der Waals surface area contributed by atoms with Gasteiger partial charge in [0.15, 0.2) is 0 Å². The molecule has 1 heterocycles. The molecule has 0 aliphatic carbocycles. The van der Waals surface area contributed by atoms with Crippen LogP contribution >= 0.6 is 0 Å². The quantitative estimate of drug-likeness (QED) is 0.753. The Balaban J connectivity index is 2.42. The van der Waals surface area contributed by atoms with Crippen molar-refractivity contribution in [3.8, 4) is 0 Å². The van der Waals surface area contributed by atoms with Crippen LogP contribution in [0.15, 0.2) is 24.5 Å². The predicted molar refractivity (Wildman–Crippen MR) is 59.3 cm³/mol. The van der Waals surface area contributed by atoms with Gasteiger partial charge in [0.2, 0.25) is 5.91 Å². The van der Waals surface area contributed by atoms with Crippen molar-refractivity contribution < 1.29 is 4.79 Å². The SMILES string of the molecule is CNCCC(=O)NC(C)c1cccnc1. The highest BCUT2D eigenvalue weighted by Gasteiger charge is 2.08. The summed E-state index contributed by atoms with van der Waals surface area (Å²) in [4.78, 5) is 15.4. The molecular formula is C11H17N3O. The van der Waals surface area contributed by atoms with Gasteiger partial charge in [0, 0.05) is 25.4 Å². The summed E-state index contributed by atoms with van der Waals surface area (Å²) in [7, 11) is 1.83. The summed E-state index contributed by atoms with van der Waals surface area (Å²) in [5.41, 5.74) is 1.02. The highest BCUT2D eigenvalue weighted by atomic mass is 16.1. The van der Waals surface area contributed by atoms with Gasteiger partial charge in [0.25, 0.3) is 0 Å². The second kappa shape index (κ2) is 6.14. The van der Waals surface area contributed by atoms with E-state index in [9.17, 15) is 4.79 Å². The van der Waals surface area contributed by atoms with Crippen molar-refractivity contribution in [2.75, 3.05) is 13.6 Å². The molecule has 4 heteroatoms. The first-order chi connectivity index (χ1) is 7.24. The van der Waals surface area contributed by atoms with Gasteiger partial charge in [-0.2, -0.15) is 0 Å². The smallest absolute Gasteiger partial charge is 0.221 e. The summed E-state index contributed by atoms with van der Waals surface area (Å²) in [5, 5.41) is 5.85. The van der Waals surface area contributed by atoms with Crippen molar-refractivity contribution in [3.05, 3.63) is 30.1 Å². The third-order valence-corrected chi connectivity index (χ3v) is 2.16. The first-order valence-electron chi connectivity index (χ1n) is 5.08. The summed E-state index contributed by atoms with van der Waals surface area (Å²) < 4.78 is 0. The number of carbonyl (C=O) groups excluding carboxylic acids is 1. The van der Waals surface area contributed by atoms with Crippen LogP contribution in [0.5, 0.6) is 0 Å². The first kappa shape index (κ1) is 11.7. The molecule has 0 saturated heterocycles. The van der Waals surface area contributed by atoms with E-state index in [1.807, 2.05) is 26.1 Å². The van der Waals surface area contributed by atoms with Crippen molar-refractivity contribution in [3.63, 3.8) is 0 Å². The van der Waals surface area contributed by atoms with E-state index in [-0.39, 0.29) is 11.9 Å². The molecule has 0 aromatic carbocycles. The Morgan fingerprint density at radius 2 is 2.40 bits per heavy atom. The molecule has 0 bridgehead atoms. The second-order valence-electron chi connectivity index (χ2n) is 3.43. The van der Waals surface area contributed by atoms with Gasteiger partial charge in [-0.15, -0.1) is 0 Å². The van der Waals surface area contributed by atoms with Gasteiger partial charge >= 0.3 is 0 Å². The van der Waals surface area contributed by atoms with Crippen LogP contribution < -0.4 is 10.6 Å². The van der Waals surface area contributed by atoms with Crippen LogP contribution in [0.2, 0.25) is 0 Å². The number of pyridine rings is 1. The van der Waals surface area contributed by atoms with Gasteiger partial charge in [0.05, 0.1) is 6.04 Å². The Morgan fingerprint density at radius 3 is 3.00 bits per heavy atom. The van der Waals surface area contributed by atoms with Gasteiger partial charge in [-0.05, 0) is 25.6 Å². The summed E-state index contributed by atoms with van der Waals surface area (Å²) in [5.74, 6) is 0.0562. The fraction of sp³-hybridized carbons (Fsp3) is 0.455. The number of aromatic nitrogens is 1. The normalized spacial score (nSPS) is 12.1. The van der Waals surface area contributed by atoms with E-state index < -0.39 is 0 Å². The number of rotatable bonds is 5. The maximum absolute atomic E-state index is 11.4. The fourth-order valence-corrected chi connectivity index (χ4v) is 1.27. The number of hydrogen-bond acceptors (Lipinski definition) is 3. The highest BCUT2D eigenvalue weighted by Crippen LogP contribution is 2.09. The van der Waals surface area contributed by atoms with E-state index in [0.29, 0.717) is 13.0 Å². The lowest BCUT2D eigenvalue weighted by Gasteiger charge is -2.13.